The maximum Gasteiger partial charge on any atom is 0.416 e. The third kappa shape index (κ3) is 6.66. The summed E-state index contributed by atoms with van der Waals surface area (Å²) in [5.41, 5.74) is 2.26. The largest absolute Gasteiger partial charge is 0.416 e. The Kier molecular flexibility index (Phi) is 9.02. The van der Waals surface area contributed by atoms with Gasteiger partial charge in [-0.2, -0.15) is 18.3 Å². The van der Waals surface area contributed by atoms with Crippen LogP contribution in [0.15, 0.2) is 97.2 Å². The number of hydrogen-bond donors (Lipinski definition) is 2. The first-order valence-corrected chi connectivity index (χ1v) is 16.7. The fraction of sp³-hybridized carbons (Fsp3) is 0.316. The molecule has 4 heterocycles. The molecular formula is C38H37F3N6O4. The molecule has 0 saturated carbocycles. The maximum atomic E-state index is 14.3. The van der Waals surface area contributed by atoms with Crippen LogP contribution in [0.3, 0.4) is 0 Å². The van der Waals surface area contributed by atoms with E-state index in [9.17, 15) is 27.6 Å². The van der Waals surface area contributed by atoms with Crippen LogP contribution in [0.5, 0.6) is 0 Å². The zero-order chi connectivity index (χ0) is 35.9. The summed E-state index contributed by atoms with van der Waals surface area (Å²) in [6.45, 7) is 9.96. The molecular weight excluding hydrogens is 661 g/mol. The van der Waals surface area contributed by atoms with Gasteiger partial charge in [0.1, 0.15) is 11.9 Å². The van der Waals surface area contributed by atoms with Crippen molar-refractivity contribution in [2.75, 3.05) is 44.3 Å². The fourth-order valence-electron chi connectivity index (χ4n) is 7.21. The molecule has 4 aromatic rings. The maximum absolute atomic E-state index is 14.3. The molecule has 264 valence electrons. The molecule has 0 radical (unpaired) electrons. The average molecular weight is 699 g/mol. The monoisotopic (exact) mass is 698 g/mol. The quantitative estimate of drug-likeness (QED) is 0.233. The summed E-state index contributed by atoms with van der Waals surface area (Å²) in [4.78, 5) is 44.6. The zero-order valence-electron chi connectivity index (χ0n) is 28.0. The van der Waals surface area contributed by atoms with Crippen molar-refractivity contribution in [2.45, 2.75) is 31.6 Å². The second kappa shape index (κ2) is 13.5. The molecule has 10 nitrogen and oxygen atoms in total. The Morgan fingerprint density at radius 2 is 1.76 bits per heavy atom. The molecule has 2 fully saturated rings. The summed E-state index contributed by atoms with van der Waals surface area (Å²) in [6.07, 6.45) is -3.00. The molecule has 1 spiro atoms. The molecule has 13 heteroatoms. The van der Waals surface area contributed by atoms with Crippen LogP contribution < -0.4 is 15.5 Å². The number of ether oxygens (including phenoxy) is 1. The number of alkyl halides is 3. The molecule has 51 heavy (non-hydrogen) atoms. The van der Waals surface area contributed by atoms with Crippen LogP contribution in [0.2, 0.25) is 0 Å². The van der Waals surface area contributed by atoms with Gasteiger partial charge in [0.25, 0.3) is 11.8 Å². The third-order valence-corrected chi connectivity index (χ3v) is 9.72. The standard InChI is InChI=1S/C38H37F3N6O4/c1-3-46-35-30(18-43-47(35)29-13-5-4-6-14-29)31(32(36(46)50)44-34(49)27-11-8-12-28(16-27)38(39,40)41)26-10-7-9-25(15-26)17-42-33(48)24(2)19-45-20-37(21-45)22-51-23-37/h4-16,18,31-32H,2-3,17,19-23H2,1H3,(H,42,48)(H,44,49)/t31-,32-/m0/s1. The number of nitrogens with one attached hydrogen (secondary N) is 2. The van der Waals surface area contributed by atoms with Gasteiger partial charge in [0.15, 0.2) is 0 Å². The average Bonchev–Trinajstić information content (AvgIpc) is 3.52. The van der Waals surface area contributed by atoms with Crippen molar-refractivity contribution in [3.05, 3.63) is 125 Å². The molecule has 7 rings (SSSR count). The van der Waals surface area contributed by atoms with Gasteiger partial charge < -0.3 is 15.4 Å². The summed E-state index contributed by atoms with van der Waals surface area (Å²) in [7, 11) is 0. The van der Waals surface area contributed by atoms with Crippen LogP contribution in [0.1, 0.15) is 45.5 Å². The number of carbonyl (C=O) groups is 3. The van der Waals surface area contributed by atoms with E-state index < -0.39 is 35.5 Å². The smallest absolute Gasteiger partial charge is 0.380 e. The SMILES string of the molecule is C=C(CN1CC2(COC2)C1)C(=O)NCc1cccc([C@H]2c3cnn(-c4ccccc4)c3N(CC)C(=O)[C@H]2NC(=O)c2cccc(C(F)(F)F)c2)c1. The highest BCUT2D eigenvalue weighted by Crippen LogP contribution is 2.42. The highest BCUT2D eigenvalue weighted by Gasteiger charge is 2.49. The lowest BCUT2D eigenvalue weighted by Gasteiger charge is -2.55. The van der Waals surface area contributed by atoms with Gasteiger partial charge >= 0.3 is 6.18 Å². The van der Waals surface area contributed by atoms with Crippen molar-refractivity contribution >= 4 is 23.5 Å². The van der Waals surface area contributed by atoms with Gasteiger partial charge in [-0.15, -0.1) is 0 Å². The Labute approximate surface area is 292 Å². The van der Waals surface area contributed by atoms with Crippen LogP contribution in [-0.4, -0.2) is 77.8 Å². The topological polar surface area (TPSA) is 109 Å². The number of rotatable bonds is 10. The normalized spacial score (nSPS) is 19.5. The molecule has 3 aliphatic rings. The number of hydrogen-bond acceptors (Lipinski definition) is 6. The van der Waals surface area contributed by atoms with Crippen molar-refractivity contribution in [3.8, 4) is 5.69 Å². The van der Waals surface area contributed by atoms with E-state index in [1.54, 1.807) is 23.9 Å². The lowest BCUT2D eigenvalue weighted by atomic mass is 9.78. The highest BCUT2D eigenvalue weighted by atomic mass is 19.4. The minimum atomic E-state index is -4.65. The van der Waals surface area contributed by atoms with Crippen molar-refractivity contribution in [3.63, 3.8) is 0 Å². The number of likely N-dealkylation sites (N-methyl/N-ethyl adjacent to an activating group) is 1. The van der Waals surface area contributed by atoms with Crippen molar-refractivity contribution in [2.24, 2.45) is 5.41 Å². The van der Waals surface area contributed by atoms with E-state index in [2.05, 4.69) is 27.2 Å². The highest BCUT2D eigenvalue weighted by molar-refractivity contribution is 6.05. The second-order valence-electron chi connectivity index (χ2n) is 13.4. The first kappa shape index (κ1) is 34.2. The van der Waals surface area contributed by atoms with Crippen molar-refractivity contribution in [1.29, 1.82) is 0 Å². The van der Waals surface area contributed by atoms with Gasteiger partial charge in [-0.25, -0.2) is 4.68 Å². The van der Waals surface area contributed by atoms with Crippen LogP contribution in [-0.2, 0) is 27.0 Å². The minimum Gasteiger partial charge on any atom is -0.380 e. The molecule has 0 aliphatic carbocycles. The predicted molar refractivity (Wildman–Crippen MR) is 183 cm³/mol. The number of benzene rings is 3. The molecule has 0 unspecified atom stereocenters. The zero-order valence-corrected chi connectivity index (χ0v) is 28.0. The Bertz CT molecular complexity index is 1980. The molecule has 2 N–H and O–H groups in total. The number of anilines is 1. The predicted octanol–water partition coefficient (Wildman–Crippen LogP) is 4.69. The van der Waals surface area contributed by atoms with E-state index in [1.807, 2.05) is 48.5 Å². The number of para-hydroxylation sites is 1. The first-order valence-electron chi connectivity index (χ1n) is 16.7. The summed E-state index contributed by atoms with van der Waals surface area (Å²) in [6, 6.07) is 19.5. The number of nitrogens with zero attached hydrogens (tertiary/aromatic N) is 4. The lowest BCUT2D eigenvalue weighted by Crippen LogP contribution is -2.66. The van der Waals surface area contributed by atoms with Gasteiger partial charge in [-0.1, -0.05) is 55.1 Å². The van der Waals surface area contributed by atoms with E-state index in [0.717, 1.165) is 55.8 Å². The Morgan fingerprint density at radius 3 is 2.45 bits per heavy atom. The Morgan fingerprint density at radius 1 is 1.02 bits per heavy atom. The van der Waals surface area contributed by atoms with Gasteiger partial charge in [0.05, 0.1) is 30.7 Å². The summed E-state index contributed by atoms with van der Waals surface area (Å²) >= 11 is 0. The van der Waals surface area contributed by atoms with Crippen LogP contribution in [0, 0.1) is 5.41 Å². The number of fused-ring (bicyclic) bond motifs is 1. The van der Waals surface area contributed by atoms with E-state index >= 15 is 0 Å². The molecule has 3 aliphatic heterocycles. The van der Waals surface area contributed by atoms with E-state index in [0.29, 0.717) is 29.1 Å². The first-order chi connectivity index (χ1) is 24.5. The summed E-state index contributed by atoms with van der Waals surface area (Å²) in [5, 5.41) is 10.4. The molecule has 3 aromatic carbocycles. The van der Waals surface area contributed by atoms with Gasteiger partial charge in [-0.05, 0) is 48.4 Å². The number of amides is 3. The molecule has 2 atom stereocenters. The van der Waals surface area contributed by atoms with E-state index in [-0.39, 0.29) is 30.0 Å². The minimum absolute atomic E-state index is 0.183. The third-order valence-electron chi connectivity index (χ3n) is 9.72. The second-order valence-corrected chi connectivity index (χ2v) is 13.4. The Balaban J connectivity index is 1.18. The molecule has 3 amide bonds. The van der Waals surface area contributed by atoms with Gasteiger partial charge in [-0.3, -0.25) is 24.2 Å². The molecule has 2 saturated heterocycles. The fourth-order valence-corrected chi connectivity index (χ4v) is 7.21. The molecule has 1 aromatic heterocycles. The van der Waals surface area contributed by atoms with Crippen molar-refractivity contribution < 1.29 is 32.3 Å². The number of halogens is 3. The number of aromatic nitrogens is 2. The summed E-state index contributed by atoms with van der Waals surface area (Å²) < 4.78 is 47.5. The number of likely N-dealkylation sites (tertiary alicyclic amines) is 1. The number of carbonyl (C=O) groups excluding carboxylic acids is 3. The Hall–Kier alpha value is -5.27. The van der Waals surface area contributed by atoms with E-state index in [1.165, 1.54) is 11.0 Å². The van der Waals surface area contributed by atoms with Crippen molar-refractivity contribution in [1.82, 2.24) is 25.3 Å². The van der Waals surface area contributed by atoms with Gasteiger partial charge in [0.2, 0.25) is 5.91 Å². The van der Waals surface area contributed by atoms with Crippen LogP contribution in [0.25, 0.3) is 5.69 Å². The van der Waals surface area contributed by atoms with Crippen LogP contribution >= 0.6 is 0 Å². The van der Waals surface area contributed by atoms with E-state index in [4.69, 9.17) is 4.74 Å². The lowest BCUT2D eigenvalue weighted by molar-refractivity contribution is -0.186. The van der Waals surface area contributed by atoms with Gasteiger partial charge in [0, 0.05) is 60.8 Å². The molecule has 0 bridgehead atoms. The van der Waals surface area contributed by atoms with Crippen LogP contribution in [0.4, 0.5) is 19.0 Å². The summed E-state index contributed by atoms with van der Waals surface area (Å²) in [5.74, 6) is -1.76.